The van der Waals surface area contributed by atoms with Crippen LogP contribution in [0.15, 0.2) is 36.4 Å². The van der Waals surface area contributed by atoms with E-state index in [9.17, 15) is 0 Å². The van der Waals surface area contributed by atoms with Crippen molar-refractivity contribution in [1.29, 1.82) is 0 Å². The van der Waals surface area contributed by atoms with Gasteiger partial charge in [0.25, 0.3) is 0 Å². The Morgan fingerprint density at radius 3 is 2.12 bits per heavy atom. The van der Waals surface area contributed by atoms with Crippen LogP contribution in [0.1, 0.15) is 80.8 Å². The highest BCUT2D eigenvalue weighted by Crippen LogP contribution is 2.46. The molecule has 0 unspecified atom stereocenters. The zero-order chi connectivity index (χ0) is 18.4. The van der Waals surface area contributed by atoms with E-state index in [4.69, 9.17) is 0 Å². The van der Waals surface area contributed by atoms with Gasteiger partial charge in [-0.25, -0.2) is 0 Å². The van der Waals surface area contributed by atoms with Crippen molar-refractivity contribution >= 4 is 11.6 Å². The van der Waals surface area contributed by atoms with Crippen LogP contribution in [0.3, 0.4) is 0 Å². The fraction of sp³-hybridized carbons (Fsp3) is 0.440. The molecule has 0 atom stereocenters. The number of allylic oxidation sites excluding steroid dienone is 1. The van der Waals surface area contributed by atoms with Crippen LogP contribution in [0.4, 0.5) is 0 Å². The highest BCUT2D eigenvalue weighted by Gasteiger charge is 2.36. The summed E-state index contributed by atoms with van der Waals surface area (Å²) in [5, 5.41) is 0. The first-order valence-electron chi connectivity index (χ1n) is 9.51. The van der Waals surface area contributed by atoms with E-state index in [1.165, 1.54) is 51.8 Å². The molecule has 0 aliphatic heterocycles. The molecule has 0 amide bonds. The van der Waals surface area contributed by atoms with Gasteiger partial charge in [-0.1, -0.05) is 75.7 Å². The third-order valence-corrected chi connectivity index (χ3v) is 6.11. The van der Waals surface area contributed by atoms with Crippen LogP contribution < -0.4 is 0 Å². The molecule has 25 heavy (non-hydrogen) atoms. The van der Waals surface area contributed by atoms with Crippen molar-refractivity contribution in [3.05, 3.63) is 69.8 Å². The first kappa shape index (κ1) is 18.0. The maximum atomic E-state index is 2.45. The predicted molar refractivity (Wildman–Crippen MR) is 111 cm³/mol. The second-order valence-electron chi connectivity index (χ2n) is 9.22. The average Bonchev–Trinajstić information content (AvgIpc) is 2.54. The van der Waals surface area contributed by atoms with Crippen molar-refractivity contribution in [2.24, 2.45) is 0 Å². The van der Waals surface area contributed by atoms with Gasteiger partial charge in [-0.05, 0) is 77.8 Å². The molecule has 0 spiro atoms. The highest BCUT2D eigenvalue weighted by molar-refractivity contribution is 5.81. The minimum atomic E-state index is 0.265. The summed E-state index contributed by atoms with van der Waals surface area (Å²) in [6.07, 6.45) is 4.86. The summed E-state index contributed by atoms with van der Waals surface area (Å²) in [4.78, 5) is 0. The third kappa shape index (κ3) is 3.45. The molecule has 0 saturated heterocycles. The van der Waals surface area contributed by atoms with E-state index in [0.717, 1.165) is 0 Å². The summed E-state index contributed by atoms with van der Waals surface area (Å²) in [5.41, 5.74) is 10.3. The molecule has 0 radical (unpaired) electrons. The molecule has 132 valence electrons. The molecule has 0 saturated carbocycles. The molecule has 0 aromatic heterocycles. The van der Waals surface area contributed by atoms with Crippen LogP contribution in [0.25, 0.3) is 11.6 Å². The van der Waals surface area contributed by atoms with E-state index in [1.54, 1.807) is 0 Å². The molecule has 3 rings (SSSR count). The van der Waals surface area contributed by atoms with E-state index >= 15 is 0 Å². The van der Waals surface area contributed by atoms with Crippen LogP contribution in [0.5, 0.6) is 0 Å². The Bertz CT molecular complexity index is 831. The van der Waals surface area contributed by atoms with E-state index in [0.29, 0.717) is 0 Å². The molecule has 0 fully saturated rings. The Hall–Kier alpha value is -1.82. The summed E-state index contributed by atoms with van der Waals surface area (Å²) in [6.45, 7) is 16.2. The van der Waals surface area contributed by atoms with Crippen molar-refractivity contribution in [2.45, 2.75) is 72.1 Å². The first-order chi connectivity index (χ1) is 11.6. The average molecular weight is 333 g/mol. The van der Waals surface area contributed by atoms with Gasteiger partial charge in [0.05, 0.1) is 0 Å². The van der Waals surface area contributed by atoms with Gasteiger partial charge in [0, 0.05) is 0 Å². The number of fused-ring (bicyclic) bond motifs is 1. The molecule has 2 aromatic rings. The molecule has 2 aromatic carbocycles. The Balaban J connectivity index is 2.05. The lowest BCUT2D eigenvalue weighted by Crippen LogP contribution is -2.33. The molecule has 0 N–H and O–H groups in total. The molecule has 1 aliphatic rings. The second-order valence-corrected chi connectivity index (χ2v) is 9.22. The fourth-order valence-electron chi connectivity index (χ4n) is 4.14. The molecule has 0 heteroatoms. The van der Waals surface area contributed by atoms with Gasteiger partial charge >= 0.3 is 0 Å². The summed E-state index contributed by atoms with van der Waals surface area (Å²) in [6, 6.07) is 13.8. The lowest BCUT2D eigenvalue weighted by Gasteiger charge is -2.42. The molecular weight excluding hydrogens is 300 g/mol. The number of hydrogen-bond donors (Lipinski definition) is 0. The normalized spacial score (nSPS) is 18.8. The van der Waals surface area contributed by atoms with Gasteiger partial charge in [-0.2, -0.15) is 0 Å². The fourth-order valence-corrected chi connectivity index (χ4v) is 4.14. The SMILES string of the molecule is CC(=Cc1ccc(C)cc1C)c1ccc2c(c1)C(C)(C)CCC2(C)C. The van der Waals surface area contributed by atoms with E-state index in [1.807, 2.05) is 0 Å². The van der Waals surface area contributed by atoms with Gasteiger partial charge in [-0.3, -0.25) is 0 Å². The van der Waals surface area contributed by atoms with Crippen molar-refractivity contribution in [2.75, 3.05) is 0 Å². The zero-order valence-corrected chi connectivity index (χ0v) is 17.0. The van der Waals surface area contributed by atoms with Gasteiger partial charge < -0.3 is 0 Å². The molecule has 0 heterocycles. The maximum absolute atomic E-state index is 2.45. The highest BCUT2D eigenvalue weighted by atomic mass is 14.4. The van der Waals surface area contributed by atoms with E-state index < -0.39 is 0 Å². The van der Waals surface area contributed by atoms with Crippen LogP contribution in [0, 0.1) is 13.8 Å². The molecule has 0 nitrogen and oxygen atoms in total. The molecule has 0 bridgehead atoms. The summed E-state index contributed by atoms with van der Waals surface area (Å²) >= 11 is 0. The lowest BCUT2D eigenvalue weighted by molar-refractivity contribution is 0.332. The monoisotopic (exact) mass is 332 g/mol. The second kappa shape index (κ2) is 6.16. The van der Waals surface area contributed by atoms with Crippen LogP contribution in [0.2, 0.25) is 0 Å². The van der Waals surface area contributed by atoms with Gasteiger partial charge in [-0.15, -0.1) is 0 Å². The Labute approximate surface area is 154 Å². The largest absolute Gasteiger partial charge is 0.0587 e. The van der Waals surface area contributed by atoms with Crippen LogP contribution >= 0.6 is 0 Å². The third-order valence-electron chi connectivity index (χ3n) is 6.11. The summed E-state index contributed by atoms with van der Waals surface area (Å²) < 4.78 is 0. The van der Waals surface area contributed by atoms with Crippen LogP contribution in [-0.4, -0.2) is 0 Å². The molecular formula is C25H32. The smallest absolute Gasteiger partial charge is 0.0100 e. The minimum absolute atomic E-state index is 0.265. The standard InChI is InChI=1S/C25H32/c1-17-8-9-20(18(2)14-17)15-19(3)21-10-11-22-23(16-21)25(6,7)13-12-24(22,4)5/h8-11,14-16H,12-13H2,1-7H3. The molecule has 1 aliphatic carbocycles. The van der Waals surface area contributed by atoms with E-state index in [2.05, 4.69) is 90.9 Å². The number of benzene rings is 2. The van der Waals surface area contributed by atoms with Crippen molar-refractivity contribution in [1.82, 2.24) is 0 Å². The quantitative estimate of drug-likeness (QED) is 0.509. The maximum Gasteiger partial charge on any atom is -0.0100 e. The Kier molecular flexibility index (Phi) is 4.43. The van der Waals surface area contributed by atoms with Crippen molar-refractivity contribution in [3.8, 4) is 0 Å². The topological polar surface area (TPSA) is 0 Å². The van der Waals surface area contributed by atoms with Crippen molar-refractivity contribution in [3.63, 3.8) is 0 Å². The summed E-state index contributed by atoms with van der Waals surface area (Å²) in [7, 11) is 0. The van der Waals surface area contributed by atoms with Gasteiger partial charge in [0.15, 0.2) is 0 Å². The first-order valence-corrected chi connectivity index (χ1v) is 9.51. The summed E-state index contributed by atoms with van der Waals surface area (Å²) in [5.74, 6) is 0. The van der Waals surface area contributed by atoms with Gasteiger partial charge in [0.2, 0.25) is 0 Å². The Morgan fingerprint density at radius 2 is 1.48 bits per heavy atom. The van der Waals surface area contributed by atoms with Gasteiger partial charge in [0.1, 0.15) is 0 Å². The number of aryl methyl sites for hydroxylation is 2. The minimum Gasteiger partial charge on any atom is -0.0587 e. The number of hydrogen-bond acceptors (Lipinski definition) is 0. The zero-order valence-electron chi connectivity index (χ0n) is 17.0. The lowest BCUT2D eigenvalue weighted by atomic mass is 9.63. The van der Waals surface area contributed by atoms with E-state index in [-0.39, 0.29) is 10.8 Å². The van der Waals surface area contributed by atoms with Crippen molar-refractivity contribution < 1.29 is 0 Å². The predicted octanol–water partition coefficient (Wildman–Crippen LogP) is 7.21. The van der Waals surface area contributed by atoms with Crippen LogP contribution in [-0.2, 0) is 10.8 Å². The Morgan fingerprint density at radius 1 is 0.840 bits per heavy atom. The number of rotatable bonds is 2.